The van der Waals surface area contributed by atoms with Gasteiger partial charge in [-0.25, -0.2) is 9.59 Å². The molecule has 0 saturated carbocycles. The average molecular weight is 626 g/mol. The van der Waals surface area contributed by atoms with Crippen LogP contribution in [0.25, 0.3) is 22.0 Å². The van der Waals surface area contributed by atoms with Crippen molar-refractivity contribution in [3.05, 3.63) is 95.7 Å². The van der Waals surface area contributed by atoms with Crippen LogP contribution in [0, 0.1) is 0 Å². The molecule has 3 N–H and O–H groups in total. The Bertz CT molecular complexity index is 1670. The molecule has 0 radical (unpaired) electrons. The second-order valence-electron chi connectivity index (χ2n) is 13.6. The number of aromatic nitrogens is 1. The van der Waals surface area contributed by atoms with Crippen LogP contribution in [0.5, 0.6) is 0 Å². The molecular weight excluding hydrogens is 582 g/mol. The molecule has 9 heteroatoms. The molecule has 1 aliphatic rings. The lowest BCUT2D eigenvalue weighted by Gasteiger charge is -2.28. The summed E-state index contributed by atoms with van der Waals surface area (Å²) < 4.78 is 17.2. The van der Waals surface area contributed by atoms with Crippen molar-refractivity contribution in [2.45, 2.75) is 77.2 Å². The van der Waals surface area contributed by atoms with E-state index in [0.29, 0.717) is 0 Å². The number of rotatable bonds is 10. The number of aromatic amines is 1. The molecule has 9 nitrogen and oxygen atoms in total. The third-order valence-corrected chi connectivity index (χ3v) is 7.74. The number of hydrogen-bond donors (Lipinski definition) is 3. The maximum Gasteiger partial charge on any atom is 0.407 e. The normalized spacial score (nSPS) is 14.2. The van der Waals surface area contributed by atoms with E-state index in [4.69, 9.17) is 14.2 Å². The van der Waals surface area contributed by atoms with Gasteiger partial charge in [0.05, 0.1) is 12.2 Å². The number of H-pyrrole nitrogens is 1. The zero-order valence-electron chi connectivity index (χ0n) is 27.3. The molecule has 4 aromatic rings. The summed E-state index contributed by atoms with van der Waals surface area (Å²) in [5, 5.41) is 6.48. The molecule has 1 aromatic heterocycles. The number of hydrogen-bond acceptors (Lipinski definition) is 6. The van der Waals surface area contributed by atoms with Crippen molar-refractivity contribution < 1.29 is 28.6 Å². The zero-order chi connectivity index (χ0) is 33.1. The quantitative estimate of drug-likeness (QED) is 0.179. The highest BCUT2D eigenvalue weighted by Crippen LogP contribution is 2.44. The number of para-hydroxylation sites is 1. The van der Waals surface area contributed by atoms with Gasteiger partial charge in [0, 0.05) is 29.4 Å². The standard InChI is InChI=1S/C37H43N3O6/c1-36(2,3)45-22-32(34(42)46-37(4,5)6)39-33(41)31(19-23-20-38-30-18-12-11-13-24(23)30)40-35(43)44-21-29-27-16-9-7-14-25(27)26-15-8-10-17-28(26)29/h7-18,20,29,31-32,38H,19,21-22H2,1-6H3,(H,39,41)(H,40,43)/t31-,32+/m1/s1. The van der Waals surface area contributed by atoms with Crippen molar-refractivity contribution in [3.8, 4) is 11.1 Å². The molecule has 0 bridgehead atoms. The third kappa shape index (κ3) is 7.95. The summed E-state index contributed by atoms with van der Waals surface area (Å²) in [6, 6.07) is 21.7. The lowest BCUT2D eigenvalue weighted by atomic mass is 9.98. The highest BCUT2D eigenvalue weighted by atomic mass is 16.6. The van der Waals surface area contributed by atoms with Crippen LogP contribution in [0.3, 0.4) is 0 Å². The highest BCUT2D eigenvalue weighted by molar-refractivity contribution is 5.91. The molecule has 0 unspecified atom stereocenters. The van der Waals surface area contributed by atoms with Crippen LogP contribution in [0.2, 0.25) is 0 Å². The van der Waals surface area contributed by atoms with Crippen molar-refractivity contribution in [1.82, 2.24) is 15.6 Å². The number of fused-ring (bicyclic) bond motifs is 4. The van der Waals surface area contributed by atoms with Crippen molar-refractivity contribution in [2.24, 2.45) is 0 Å². The van der Waals surface area contributed by atoms with Crippen LogP contribution in [0.4, 0.5) is 4.79 Å². The van der Waals surface area contributed by atoms with E-state index >= 15 is 0 Å². The van der Waals surface area contributed by atoms with Crippen LogP contribution in [-0.4, -0.2) is 59.5 Å². The topological polar surface area (TPSA) is 119 Å². The first-order valence-electron chi connectivity index (χ1n) is 15.6. The lowest BCUT2D eigenvalue weighted by molar-refractivity contribution is -0.162. The molecular formula is C37H43N3O6. The first-order valence-corrected chi connectivity index (χ1v) is 15.6. The molecule has 1 aliphatic carbocycles. The molecule has 1 heterocycles. The Labute approximate surface area is 270 Å². The predicted octanol–water partition coefficient (Wildman–Crippen LogP) is 6.26. The molecule has 0 spiro atoms. The Balaban J connectivity index is 1.35. The Hall–Kier alpha value is -4.63. The minimum absolute atomic E-state index is 0.0985. The molecule has 2 atom stereocenters. The Morgan fingerprint density at radius 1 is 0.783 bits per heavy atom. The molecule has 242 valence electrons. The number of carbonyl (C=O) groups excluding carboxylic acids is 3. The van der Waals surface area contributed by atoms with Gasteiger partial charge in [-0.3, -0.25) is 4.79 Å². The van der Waals surface area contributed by atoms with E-state index in [1.807, 2.05) is 87.6 Å². The summed E-state index contributed by atoms with van der Waals surface area (Å²) in [6.45, 7) is 10.8. The van der Waals surface area contributed by atoms with Gasteiger partial charge in [0.25, 0.3) is 0 Å². The largest absolute Gasteiger partial charge is 0.458 e. The molecule has 46 heavy (non-hydrogen) atoms. The first kappa shape index (κ1) is 32.8. The monoisotopic (exact) mass is 625 g/mol. The van der Waals surface area contributed by atoms with Gasteiger partial charge < -0.3 is 29.8 Å². The van der Waals surface area contributed by atoms with Crippen molar-refractivity contribution in [3.63, 3.8) is 0 Å². The van der Waals surface area contributed by atoms with Crippen molar-refractivity contribution >= 4 is 28.9 Å². The van der Waals surface area contributed by atoms with E-state index in [2.05, 4.69) is 27.8 Å². The van der Waals surface area contributed by atoms with Crippen molar-refractivity contribution in [2.75, 3.05) is 13.2 Å². The summed E-state index contributed by atoms with van der Waals surface area (Å²) in [5.74, 6) is -1.32. The van der Waals surface area contributed by atoms with Crippen LogP contribution < -0.4 is 10.6 Å². The fourth-order valence-corrected chi connectivity index (χ4v) is 5.66. The van der Waals surface area contributed by atoms with E-state index < -0.39 is 41.3 Å². The Morgan fingerprint density at radius 3 is 2.02 bits per heavy atom. The zero-order valence-corrected chi connectivity index (χ0v) is 27.3. The van der Waals surface area contributed by atoms with Gasteiger partial charge in [-0.15, -0.1) is 0 Å². The number of benzene rings is 3. The Morgan fingerprint density at radius 2 is 1.39 bits per heavy atom. The number of alkyl carbamates (subject to hydrolysis) is 1. The van der Waals surface area contributed by atoms with Gasteiger partial charge in [-0.2, -0.15) is 0 Å². The smallest absolute Gasteiger partial charge is 0.407 e. The number of esters is 1. The molecule has 0 fully saturated rings. The molecule has 0 aliphatic heterocycles. The van der Waals surface area contributed by atoms with E-state index in [1.165, 1.54) is 0 Å². The number of ether oxygens (including phenoxy) is 3. The lowest BCUT2D eigenvalue weighted by Crippen LogP contribution is -2.55. The van der Waals surface area contributed by atoms with Gasteiger partial charge in [0.2, 0.25) is 5.91 Å². The summed E-state index contributed by atoms with van der Waals surface area (Å²) in [7, 11) is 0. The molecule has 2 amide bonds. The van der Waals surface area contributed by atoms with Crippen LogP contribution >= 0.6 is 0 Å². The van der Waals surface area contributed by atoms with Crippen LogP contribution in [0.15, 0.2) is 79.0 Å². The maximum absolute atomic E-state index is 13.9. The summed E-state index contributed by atoms with van der Waals surface area (Å²) in [4.78, 5) is 43.6. The fourth-order valence-electron chi connectivity index (χ4n) is 5.66. The number of carbonyl (C=O) groups is 3. The van der Waals surface area contributed by atoms with E-state index in [1.54, 1.807) is 20.8 Å². The second kappa shape index (κ2) is 13.4. The first-order chi connectivity index (χ1) is 21.8. The number of nitrogens with one attached hydrogen (secondary N) is 3. The molecule has 3 aromatic carbocycles. The Kier molecular flexibility index (Phi) is 9.53. The van der Waals surface area contributed by atoms with E-state index in [0.717, 1.165) is 38.7 Å². The summed E-state index contributed by atoms with van der Waals surface area (Å²) in [5.41, 5.74) is 4.81. The molecule has 0 saturated heterocycles. The summed E-state index contributed by atoms with van der Waals surface area (Å²) in [6.07, 6.45) is 1.24. The van der Waals surface area contributed by atoms with Gasteiger partial charge in [-0.1, -0.05) is 66.7 Å². The van der Waals surface area contributed by atoms with Crippen LogP contribution in [0.1, 0.15) is 64.2 Å². The van der Waals surface area contributed by atoms with Crippen LogP contribution in [-0.2, 0) is 30.2 Å². The number of amides is 2. The summed E-state index contributed by atoms with van der Waals surface area (Å²) >= 11 is 0. The minimum atomic E-state index is -1.10. The van der Waals surface area contributed by atoms with Gasteiger partial charge in [0.1, 0.15) is 18.2 Å². The molecule has 5 rings (SSSR count). The predicted molar refractivity (Wildman–Crippen MR) is 177 cm³/mol. The third-order valence-electron chi connectivity index (χ3n) is 7.74. The van der Waals surface area contributed by atoms with Crippen molar-refractivity contribution in [1.29, 1.82) is 0 Å². The average Bonchev–Trinajstić information content (AvgIpc) is 3.55. The maximum atomic E-state index is 13.9. The van der Waals surface area contributed by atoms with Gasteiger partial charge >= 0.3 is 12.1 Å². The van der Waals surface area contributed by atoms with Gasteiger partial charge in [0.15, 0.2) is 6.04 Å². The SMILES string of the molecule is CC(C)(C)OC[C@H](NC(=O)[C@@H](Cc1c[nH]c2ccccc12)NC(=O)OCC1c2ccccc2-c2ccccc21)C(=O)OC(C)(C)C. The van der Waals surface area contributed by atoms with E-state index in [-0.39, 0.29) is 25.6 Å². The fraction of sp³-hybridized carbons (Fsp3) is 0.378. The highest BCUT2D eigenvalue weighted by Gasteiger charge is 2.33. The minimum Gasteiger partial charge on any atom is -0.458 e. The second-order valence-corrected chi connectivity index (χ2v) is 13.6. The van der Waals surface area contributed by atoms with E-state index in [9.17, 15) is 14.4 Å². The van der Waals surface area contributed by atoms with Gasteiger partial charge in [-0.05, 0) is 75.4 Å².